The fourth-order valence-electron chi connectivity index (χ4n) is 1.11. The van der Waals surface area contributed by atoms with Gasteiger partial charge in [0.05, 0.1) is 0 Å². The Balaban J connectivity index is -0.000000302. The molecule has 2 aromatic rings. The van der Waals surface area contributed by atoms with E-state index in [0.29, 0.717) is 0 Å². The van der Waals surface area contributed by atoms with E-state index in [1.165, 1.54) is 10.8 Å². The van der Waals surface area contributed by atoms with Crippen molar-refractivity contribution >= 4 is 26.7 Å². The third-order valence-corrected chi connectivity index (χ3v) is 2.04. The van der Waals surface area contributed by atoms with Gasteiger partial charge in [-0.2, -0.15) is 6.07 Å². The van der Waals surface area contributed by atoms with E-state index in [1.54, 1.807) is 0 Å². The van der Waals surface area contributed by atoms with Crippen molar-refractivity contribution in [3.8, 4) is 0 Å². The van der Waals surface area contributed by atoms with Gasteiger partial charge in [-0.05, 0) is 0 Å². The minimum Gasteiger partial charge on any atom is -1.00 e. The van der Waals surface area contributed by atoms with Crippen molar-refractivity contribution in [2.75, 3.05) is 0 Å². The van der Waals surface area contributed by atoms with E-state index in [4.69, 9.17) is 0 Å². The zero-order valence-corrected chi connectivity index (χ0v) is 13.3. The molecule has 0 aromatic heterocycles. The molecule has 0 aliphatic heterocycles. The van der Waals surface area contributed by atoms with Crippen LogP contribution in [-0.2, 0) is 26.2 Å². The van der Waals surface area contributed by atoms with Gasteiger partial charge in [-0.3, -0.25) is 0 Å². The Kier molecular flexibility index (Phi) is 13.6. The minimum absolute atomic E-state index is 0. The Morgan fingerprint density at radius 1 is 1.00 bits per heavy atom. The van der Waals surface area contributed by atoms with Crippen LogP contribution in [-0.4, -0.2) is 0 Å². The summed E-state index contributed by atoms with van der Waals surface area (Å²) in [5, 5.41) is 2.60. The molecule has 5 heteroatoms. The van der Waals surface area contributed by atoms with Crippen LogP contribution >= 0.6 is 15.9 Å². The minimum atomic E-state index is 0. The summed E-state index contributed by atoms with van der Waals surface area (Å²) in [6.07, 6.45) is 0. The topological polar surface area (TPSA) is 0 Å². The first kappa shape index (κ1) is 20.5. The molecule has 0 aliphatic rings. The fraction of sp³-hybridized carbons (Fsp3) is 0. The number of benzene rings is 1. The Morgan fingerprint density at radius 3 is 2.14 bits per heavy atom. The zero-order chi connectivity index (χ0) is 6.97. The fourth-order valence-corrected chi connectivity index (χ4v) is 1.61. The molecule has 0 unspecified atom stereocenters. The van der Waals surface area contributed by atoms with Crippen LogP contribution in [0.15, 0.2) is 40.9 Å². The summed E-state index contributed by atoms with van der Waals surface area (Å²) in [5.41, 5.74) is 0. The van der Waals surface area contributed by atoms with E-state index in [1.807, 2.05) is 0 Å². The summed E-state index contributed by atoms with van der Waals surface area (Å²) < 4.78 is 1.16. The van der Waals surface area contributed by atoms with Crippen LogP contribution in [0.3, 0.4) is 0 Å². The smallest absolute Gasteiger partial charge is 1.00 e. The summed E-state index contributed by atoms with van der Waals surface area (Å²) in [4.78, 5) is 0. The molecule has 14 heavy (non-hydrogen) atoms. The number of halogens is 4. The largest absolute Gasteiger partial charge is 4.00 e. The molecule has 74 valence electrons. The molecule has 0 N–H and O–H groups in total. The monoisotopic (exact) mass is 388 g/mol. The molecule has 0 spiro atoms. The Labute approximate surface area is 130 Å². The standard InChI is InChI=1S/C9H6Br.3ClH.Zr/c10-9-5-7-3-1-2-4-8(7)6-9;;;;/h1-6H;3*1H;/q-1;;;;+4/p-3. The van der Waals surface area contributed by atoms with Crippen molar-refractivity contribution in [2.24, 2.45) is 0 Å². The van der Waals surface area contributed by atoms with E-state index in [0.717, 1.165) is 4.47 Å². The van der Waals surface area contributed by atoms with Gasteiger partial charge < -0.3 is 37.2 Å². The van der Waals surface area contributed by atoms with E-state index in [9.17, 15) is 0 Å². The molecule has 0 radical (unpaired) electrons. The van der Waals surface area contributed by atoms with Crippen LogP contribution in [0.2, 0.25) is 0 Å². The summed E-state index contributed by atoms with van der Waals surface area (Å²) >= 11 is 3.42. The van der Waals surface area contributed by atoms with Crippen molar-refractivity contribution in [3.05, 3.63) is 40.9 Å². The third kappa shape index (κ3) is 4.72. The van der Waals surface area contributed by atoms with E-state index >= 15 is 0 Å². The van der Waals surface area contributed by atoms with E-state index < -0.39 is 0 Å². The molecule has 0 fully saturated rings. The maximum absolute atomic E-state index is 3.42. The van der Waals surface area contributed by atoms with Gasteiger partial charge in [0, 0.05) is 0 Å². The van der Waals surface area contributed by atoms with Crippen molar-refractivity contribution in [3.63, 3.8) is 0 Å². The van der Waals surface area contributed by atoms with Crippen molar-refractivity contribution < 1.29 is 63.4 Å². The van der Waals surface area contributed by atoms with Gasteiger partial charge in [-0.15, -0.1) is 35.0 Å². The average Bonchev–Trinajstić information content (AvgIpc) is 2.27. The molecule has 0 heterocycles. The summed E-state index contributed by atoms with van der Waals surface area (Å²) in [7, 11) is 0. The Bertz CT molecular complexity index is 329. The molecule has 0 saturated heterocycles. The molecule has 2 rings (SSSR count). The first-order chi connectivity index (χ1) is 4.86. The van der Waals surface area contributed by atoms with Crippen molar-refractivity contribution in [1.29, 1.82) is 0 Å². The van der Waals surface area contributed by atoms with Crippen LogP contribution in [0.1, 0.15) is 0 Å². The van der Waals surface area contributed by atoms with E-state index in [-0.39, 0.29) is 63.4 Å². The summed E-state index contributed by atoms with van der Waals surface area (Å²) in [6, 6.07) is 12.6. The van der Waals surface area contributed by atoms with Gasteiger partial charge in [-0.1, -0.05) is 26.5 Å². The summed E-state index contributed by atoms with van der Waals surface area (Å²) in [5.74, 6) is 0. The molecular formula is C9H6BrCl3Zr. The molecule has 0 nitrogen and oxygen atoms in total. The molecule has 0 bridgehead atoms. The van der Waals surface area contributed by atoms with Crippen LogP contribution in [0, 0.1) is 0 Å². The molecular weight excluding hydrogens is 386 g/mol. The van der Waals surface area contributed by atoms with Crippen molar-refractivity contribution in [2.45, 2.75) is 0 Å². The molecule has 0 atom stereocenters. The average molecular weight is 392 g/mol. The quantitative estimate of drug-likeness (QED) is 0.393. The normalized spacial score (nSPS) is 7.50. The Morgan fingerprint density at radius 2 is 1.57 bits per heavy atom. The molecule has 2 aromatic carbocycles. The Hall–Kier alpha value is 1.06. The van der Waals surface area contributed by atoms with Gasteiger partial charge in [0.15, 0.2) is 0 Å². The van der Waals surface area contributed by atoms with E-state index in [2.05, 4.69) is 52.3 Å². The van der Waals surface area contributed by atoms with Gasteiger partial charge in [0.2, 0.25) is 0 Å². The number of hydrogen-bond donors (Lipinski definition) is 0. The molecule has 0 amide bonds. The third-order valence-electron chi connectivity index (χ3n) is 1.58. The molecule has 0 saturated carbocycles. The number of rotatable bonds is 0. The van der Waals surface area contributed by atoms with Gasteiger partial charge in [-0.25, -0.2) is 0 Å². The van der Waals surface area contributed by atoms with Gasteiger partial charge >= 0.3 is 26.2 Å². The van der Waals surface area contributed by atoms with Crippen LogP contribution in [0.4, 0.5) is 0 Å². The number of hydrogen-bond acceptors (Lipinski definition) is 0. The van der Waals surface area contributed by atoms with Gasteiger partial charge in [0.25, 0.3) is 0 Å². The second-order valence-electron chi connectivity index (χ2n) is 2.30. The second-order valence-corrected chi connectivity index (χ2v) is 3.22. The van der Waals surface area contributed by atoms with Crippen molar-refractivity contribution in [1.82, 2.24) is 0 Å². The predicted octanol–water partition coefficient (Wildman–Crippen LogP) is -5.67. The van der Waals surface area contributed by atoms with Gasteiger partial charge in [0.1, 0.15) is 0 Å². The van der Waals surface area contributed by atoms with Crippen LogP contribution in [0.25, 0.3) is 10.8 Å². The predicted molar refractivity (Wildman–Crippen MR) is 47.2 cm³/mol. The first-order valence-corrected chi connectivity index (χ1v) is 3.96. The molecule has 0 aliphatic carbocycles. The number of fused-ring (bicyclic) bond motifs is 1. The zero-order valence-electron chi connectivity index (χ0n) is 6.98. The second kappa shape index (κ2) is 9.30. The SMILES string of the molecule is Brc1cc2ccccc2[cH-]1.[Cl-].[Cl-].[Cl-].[Zr+4]. The first-order valence-electron chi connectivity index (χ1n) is 3.17. The van der Waals surface area contributed by atoms with Crippen LogP contribution < -0.4 is 37.2 Å². The maximum Gasteiger partial charge on any atom is 4.00 e. The summed E-state index contributed by atoms with van der Waals surface area (Å²) in [6.45, 7) is 0. The maximum atomic E-state index is 3.42. The van der Waals surface area contributed by atoms with Crippen LogP contribution in [0.5, 0.6) is 0 Å².